The summed E-state index contributed by atoms with van der Waals surface area (Å²) in [6, 6.07) is 17.5. The lowest BCUT2D eigenvalue weighted by Crippen LogP contribution is -2.53. The number of carbonyl (C=O) groups excluding carboxylic acids is 2. The predicted octanol–water partition coefficient (Wildman–Crippen LogP) is 6.95. The highest BCUT2D eigenvalue weighted by Gasteiger charge is 2.34. The van der Waals surface area contributed by atoms with Gasteiger partial charge >= 0.3 is 0 Å². The SMILES string of the molecule is CCC(C(=O)NC(C)C)N(Cc1c(Cl)cccc1Cl)C(=O)CN(c1ccc(C(C)C)cc1)S(=O)(=O)c1ccc(C)cc1. The first kappa shape index (κ1) is 33.4. The summed E-state index contributed by atoms with van der Waals surface area (Å²) in [5, 5.41) is 3.56. The van der Waals surface area contributed by atoms with E-state index in [2.05, 4.69) is 5.32 Å². The number of anilines is 1. The maximum absolute atomic E-state index is 14.2. The van der Waals surface area contributed by atoms with Gasteiger partial charge in [-0.2, -0.15) is 0 Å². The summed E-state index contributed by atoms with van der Waals surface area (Å²) in [6.45, 7) is 10.8. The maximum Gasteiger partial charge on any atom is 0.264 e. The fourth-order valence-electron chi connectivity index (χ4n) is 4.55. The van der Waals surface area contributed by atoms with Crippen molar-refractivity contribution < 1.29 is 18.0 Å². The molecule has 0 fully saturated rings. The van der Waals surface area contributed by atoms with Crippen molar-refractivity contribution >= 4 is 50.7 Å². The lowest BCUT2D eigenvalue weighted by Gasteiger charge is -2.34. The van der Waals surface area contributed by atoms with E-state index in [1.165, 1.54) is 17.0 Å². The summed E-state index contributed by atoms with van der Waals surface area (Å²) >= 11 is 12.9. The molecule has 2 amide bonds. The van der Waals surface area contributed by atoms with E-state index in [1.807, 2.05) is 46.8 Å². The van der Waals surface area contributed by atoms with Gasteiger partial charge in [-0.1, -0.05) is 79.9 Å². The maximum atomic E-state index is 14.2. The number of aryl methyl sites for hydroxylation is 1. The summed E-state index contributed by atoms with van der Waals surface area (Å²) in [4.78, 5) is 28.9. The number of nitrogens with one attached hydrogen (secondary N) is 1. The Morgan fingerprint density at radius 2 is 1.45 bits per heavy atom. The fourth-order valence-corrected chi connectivity index (χ4v) is 6.48. The molecule has 1 atom stereocenters. The highest BCUT2D eigenvalue weighted by molar-refractivity contribution is 7.92. The van der Waals surface area contributed by atoms with Crippen LogP contribution in [0.15, 0.2) is 71.6 Å². The zero-order valence-corrected chi connectivity index (χ0v) is 27.2. The molecule has 10 heteroatoms. The van der Waals surface area contributed by atoms with Crippen LogP contribution in [0.4, 0.5) is 5.69 Å². The molecule has 0 aromatic heterocycles. The topological polar surface area (TPSA) is 86.8 Å². The van der Waals surface area contributed by atoms with Crippen molar-refractivity contribution in [3.05, 3.63) is 93.5 Å². The molecule has 0 bridgehead atoms. The highest BCUT2D eigenvalue weighted by atomic mass is 35.5. The van der Waals surface area contributed by atoms with Crippen molar-refractivity contribution in [2.45, 2.75) is 77.4 Å². The molecule has 3 aromatic carbocycles. The number of amides is 2. The molecular weight excluding hydrogens is 593 g/mol. The molecule has 1 unspecified atom stereocenters. The second-order valence-electron chi connectivity index (χ2n) is 10.9. The van der Waals surface area contributed by atoms with Crippen LogP contribution in [-0.2, 0) is 26.2 Å². The molecule has 42 heavy (non-hydrogen) atoms. The van der Waals surface area contributed by atoms with E-state index in [0.717, 1.165) is 15.4 Å². The predicted molar refractivity (Wildman–Crippen MR) is 171 cm³/mol. The first-order valence-corrected chi connectivity index (χ1v) is 16.2. The van der Waals surface area contributed by atoms with Crippen LogP contribution in [0.25, 0.3) is 0 Å². The number of carbonyl (C=O) groups is 2. The second kappa shape index (κ2) is 14.4. The molecule has 0 spiro atoms. The minimum atomic E-state index is -4.16. The summed E-state index contributed by atoms with van der Waals surface area (Å²) < 4.78 is 29.2. The normalized spacial score (nSPS) is 12.3. The van der Waals surface area contributed by atoms with Gasteiger partial charge in [0.15, 0.2) is 0 Å². The third-order valence-corrected chi connectivity index (χ3v) is 9.44. The van der Waals surface area contributed by atoms with E-state index in [-0.39, 0.29) is 29.3 Å². The van der Waals surface area contributed by atoms with E-state index in [1.54, 1.807) is 49.4 Å². The van der Waals surface area contributed by atoms with Gasteiger partial charge in [-0.25, -0.2) is 8.42 Å². The van der Waals surface area contributed by atoms with Crippen molar-refractivity contribution in [2.24, 2.45) is 0 Å². The molecule has 0 saturated heterocycles. The van der Waals surface area contributed by atoms with Crippen LogP contribution in [0, 0.1) is 6.92 Å². The Hall–Kier alpha value is -3.07. The van der Waals surface area contributed by atoms with Crippen LogP contribution >= 0.6 is 23.2 Å². The van der Waals surface area contributed by atoms with Gasteiger partial charge in [0.2, 0.25) is 11.8 Å². The van der Waals surface area contributed by atoms with Crippen LogP contribution in [0.1, 0.15) is 63.6 Å². The molecule has 226 valence electrons. The van der Waals surface area contributed by atoms with Gasteiger partial charge in [-0.15, -0.1) is 0 Å². The van der Waals surface area contributed by atoms with Gasteiger partial charge in [0, 0.05) is 28.2 Å². The van der Waals surface area contributed by atoms with Crippen molar-refractivity contribution in [1.29, 1.82) is 0 Å². The lowest BCUT2D eigenvalue weighted by molar-refractivity contribution is -0.140. The number of benzene rings is 3. The first-order chi connectivity index (χ1) is 19.8. The number of nitrogens with zero attached hydrogens (tertiary/aromatic N) is 2. The van der Waals surface area contributed by atoms with Gasteiger partial charge in [-0.05, 0) is 75.1 Å². The van der Waals surface area contributed by atoms with Crippen molar-refractivity contribution in [3.8, 4) is 0 Å². The van der Waals surface area contributed by atoms with Gasteiger partial charge < -0.3 is 10.2 Å². The Labute approximate surface area is 259 Å². The number of rotatable bonds is 12. The van der Waals surface area contributed by atoms with E-state index < -0.39 is 28.5 Å². The molecule has 0 radical (unpaired) electrons. The smallest absolute Gasteiger partial charge is 0.264 e. The first-order valence-electron chi connectivity index (χ1n) is 14.0. The summed E-state index contributed by atoms with van der Waals surface area (Å²) in [5.74, 6) is -0.679. The Balaban J connectivity index is 2.12. The Bertz CT molecular complexity index is 1470. The van der Waals surface area contributed by atoms with E-state index in [0.29, 0.717) is 27.7 Å². The van der Waals surface area contributed by atoms with Gasteiger partial charge in [0.05, 0.1) is 10.6 Å². The minimum Gasteiger partial charge on any atom is -0.352 e. The number of sulfonamides is 1. The fraction of sp³-hybridized carbons (Fsp3) is 0.375. The summed E-state index contributed by atoms with van der Waals surface area (Å²) in [5.41, 5.74) is 2.75. The van der Waals surface area contributed by atoms with E-state index in [4.69, 9.17) is 23.2 Å². The largest absolute Gasteiger partial charge is 0.352 e. The third kappa shape index (κ3) is 8.06. The highest BCUT2D eigenvalue weighted by Crippen LogP contribution is 2.29. The molecule has 3 rings (SSSR count). The van der Waals surface area contributed by atoms with E-state index >= 15 is 0 Å². The molecule has 0 aliphatic heterocycles. The average molecular weight is 633 g/mol. The molecule has 0 aliphatic carbocycles. The number of halogens is 2. The Morgan fingerprint density at radius 1 is 0.881 bits per heavy atom. The molecular formula is C32H39Cl2N3O4S. The minimum absolute atomic E-state index is 0.0547. The third-order valence-electron chi connectivity index (χ3n) is 6.94. The molecule has 0 heterocycles. The van der Waals surface area contributed by atoms with Crippen molar-refractivity contribution in [3.63, 3.8) is 0 Å². The van der Waals surface area contributed by atoms with E-state index in [9.17, 15) is 18.0 Å². The molecule has 0 saturated carbocycles. The zero-order chi connectivity index (χ0) is 31.2. The zero-order valence-electron chi connectivity index (χ0n) is 24.9. The van der Waals surface area contributed by atoms with Gasteiger partial charge in [0.1, 0.15) is 12.6 Å². The van der Waals surface area contributed by atoms with Gasteiger partial charge in [-0.3, -0.25) is 13.9 Å². The number of hydrogen-bond acceptors (Lipinski definition) is 4. The Kier molecular flexibility index (Phi) is 11.5. The number of hydrogen-bond donors (Lipinski definition) is 1. The van der Waals surface area contributed by atoms with Crippen LogP contribution < -0.4 is 9.62 Å². The molecule has 1 N–H and O–H groups in total. The molecule has 7 nitrogen and oxygen atoms in total. The van der Waals surface area contributed by atoms with Crippen LogP contribution in [-0.4, -0.2) is 43.8 Å². The summed E-state index contributed by atoms with van der Waals surface area (Å²) in [6.07, 6.45) is 0.292. The Morgan fingerprint density at radius 3 is 1.95 bits per heavy atom. The second-order valence-corrected chi connectivity index (χ2v) is 13.6. The quantitative estimate of drug-likeness (QED) is 0.234. The van der Waals surface area contributed by atoms with Crippen LogP contribution in [0.5, 0.6) is 0 Å². The lowest BCUT2D eigenvalue weighted by atomic mass is 10.0. The van der Waals surface area contributed by atoms with Gasteiger partial charge in [0.25, 0.3) is 10.0 Å². The average Bonchev–Trinajstić information content (AvgIpc) is 2.92. The molecule has 0 aliphatic rings. The molecule has 3 aromatic rings. The monoisotopic (exact) mass is 631 g/mol. The van der Waals surface area contributed by atoms with Crippen LogP contribution in [0.3, 0.4) is 0 Å². The summed E-state index contributed by atoms with van der Waals surface area (Å²) in [7, 11) is -4.16. The van der Waals surface area contributed by atoms with Crippen molar-refractivity contribution in [2.75, 3.05) is 10.8 Å². The standard InChI is InChI=1S/C32H39Cl2N3O4S/c1-7-30(32(39)35-22(4)5)36(19-27-28(33)9-8-10-29(27)34)31(38)20-37(25-15-13-24(14-16-25)21(2)3)42(40,41)26-17-11-23(6)12-18-26/h8-18,21-22,30H,7,19-20H2,1-6H3,(H,35,39). The van der Waals surface area contributed by atoms with Crippen LogP contribution in [0.2, 0.25) is 10.0 Å². The van der Waals surface area contributed by atoms with Crippen molar-refractivity contribution in [1.82, 2.24) is 10.2 Å².